The molecule has 1 aromatic carbocycles. The molecule has 3 heterocycles. The minimum Gasteiger partial charge on any atom is -0.490 e. The third-order valence-electron chi connectivity index (χ3n) is 4.70. The van der Waals surface area contributed by atoms with E-state index in [0.29, 0.717) is 36.9 Å². The number of ether oxygens (including phenoxy) is 2. The topological polar surface area (TPSA) is 89.1 Å². The molecule has 0 fully saturated rings. The molecule has 7 nitrogen and oxygen atoms in total. The number of aromatic nitrogens is 3. The van der Waals surface area contributed by atoms with Gasteiger partial charge >= 0.3 is 0 Å². The number of hydrogen-bond acceptors (Lipinski definition) is 5. The maximum Gasteiger partial charge on any atom is 0.253 e. The first kappa shape index (κ1) is 19.0. The standard InChI is InChI=1S/C22H24N4O3/c1-3-11-29-19-6-5-14(12-20(19)28-4-2)21-23-9-8-17(26-21)18-13-15-16(25-18)7-10-24-22(15)27/h5-6,8-9,12-13,25H,3-4,7,10-11H2,1-2H3,(H,24,27). The average molecular weight is 392 g/mol. The van der Waals surface area contributed by atoms with Gasteiger partial charge in [-0.1, -0.05) is 6.92 Å². The van der Waals surface area contributed by atoms with Crippen LogP contribution in [-0.4, -0.2) is 40.6 Å². The summed E-state index contributed by atoms with van der Waals surface area (Å²) >= 11 is 0. The summed E-state index contributed by atoms with van der Waals surface area (Å²) in [7, 11) is 0. The Balaban J connectivity index is 1.67. The molecule has 0 radical (unpaired) electrons. The van der Waals surface area contributed by atoms with Gasteiger partial charge < -0.3 is 19.8 Å². The van der Waals surface area contributed by atoms with Gasteiger partial charge in [0, 0.05) is 30.4 Å². The molecule has 2 N–H and O–H groups in total. The van der Waals surface area contributed by atoms with Crippen molar-refractivity contribution >= 4 is 5.91 Å². The van der Waals surface area contributed by atoms with Crippen molar-refractivity contribution < 1.29 is 14.3 Å². The highest BCUT2D eigenvalue weighted by Crippen LogP contribution is 2.32. The van der Waals surface area contributed by atoms with Crippen molar-refractivity contribution in [2.75, 3.05) is 19.8 Å². The van der Waals surface area contributed by atoms with E-state index in [0.717, 1.165) is 41.2 Å². The van der Waals surface area contributed by atoms with Crippen LogP contribution < -0.4 is 14.8 Å². The van der Waals surface area contributed by atoms with Crippen molar-refractivity contribution in [2.24, 2.45) is 0 Å². The van der Waals surface area contributed by atoms with Crippen molar-refractivity contribution in [3.8, 4) is 34.3 Å². The Hall–Kier alpha value is -3.35. The lowest BCUT2D eigenvalue weighted by molar-refractivity contribution is 0.0946. The van der Waals surface area contributed by atoms with Crippen molar-refractivity contribution in [1.82, 2.24) is 20.3 Å². The third kappa shape index (κ3) is 3.94. The van der Waals surface area contributed by atoms with Crippen molar-refractivity contribution in [3.05, 3.63) is 47.8 Å². The zero-order chi connectivity index (χ0) is 20.2. The molecule has 150 valence electrons. The SMILES string of the molecule is CCCOc1ccc(-c2nccc(-c3cc4c([nH]3)CCNC4=O)n2)cc1OCC. The second-order valence-corrected chi connectivity index (χ2v) is 6.79. The Morgan fingerprint density at radius 3 is 2.79 bits per heavy atom. The normalized spacial score (nSPS) is 13.0. The summed E-state index contributed by atoms with van der Waals surface area (Å²) in [6.07, 6.45) is 3.44. The number of nitrogens with zero attached hydrogens (tertiary/aromatic N) is 2. The average Bonchev–Trinajstić information content (AvgIpc) is 3.19. The van der Waals surface area contributed by atoms with E-state index in [2.05, 4.69) is 22.2 Å². The number of carbonyl (C=O) groups excluding carboxylic acids is 1. The van der Waals surface area contributed by atoms with Crippen LogP contribution in [0.4, 0.5) is 0 Å². The number of aromatic amines is 1. The Morgan fingerprint density at radius 1 is 1.10 bits per heavy atom. The van der Waals surface area contributed by atoms with Crippen LogP contribution >= 0.6 is 0 Å². The minimum absolute atomic E-state index is 0.0490. The number of nitrogens with one attached hydrogen (secondary N) is 2. The van der Waals surface area contributed by atoms with Crippen LogP contribution in [0, 0.1) is 0 Å². The van der Waals surface area contributed by atoms with E-state index in [1.807, 2.05) is 37.3 Å². The smallest absolute Gasteiger partial charge is 0.253 e. The van der Waals surface area contributed by atoms with Crippen LogP contribution in [0.25, 0.3) is 22.8 Å². The Morgan fingerprint density at radius 2 is 2.00 bits per heavy atom. The number of carbonyl (C=O) groups is 1. The molecule has 4 rings (SSSR count). The van der Waals surface area contributed by atoms with Gasteiger partial charge in [0.2, 0.25) is 0 Å². The predicted molar refractivity (Wildman–Crippen MR) is 110 cm³/mol. The summed E-state index contributed by atoms with van der Waals surface area (Å²) in [6, 6.07) is 9.41. The Kier molecular flexibility index (Phi) is 5.46. The fraction of sp³-hybridized carbons (Fsp3) is 0.318. The van der Waals surface area contributed by atoms with Crippen LogP contribution in [0.15, 0.2) is 36.5 Å². The molecule has 2 aromatic heterocycles. The van der Waals surface area contributed by atoms with Crippen molar-refractivity contribution in [1.29, 1.82) is 0 Å². The van der Waals surface area contributed by atoms with Gasteiger partial charge in [0.15, 0.2) is 17.3 Å². The molecule has 3 aromatic rings. The van der Waals surface area contributed by atoms with Crippen LogP contribution in [0.2, 0.25) is 0 Å². The largest absolute Gasteiger partial charge is 0.490 e. The van der Waals surface area contributed by atoms with E-state index in [9.17, 15) is 4.79 Å². The monoisotopic (exact) mass is 392 g/mol. The van der Waals surface area contributed by atoms with Crippen LogP contribution in [-0.2, 0) is 6.42 Å². The van der Waals surface area contributed by atoms with Gasteiger partial charge in [0.05, 0.1) is 30.2 Å². The van der Waals surface area contributed by atoms with Gasteiger partial charge in [0.25, 0.3) is 5.91 Å². The van der Waals surface area contributed by atoms with E-state index in [1.165, 1.54) is 0 Å². The van der Waals surface area contributed by atoms with Crippen molar-refractivity contribution in [2.45, 2.75) is 26.7 Å². The van der Waals surface area contributed by atoms with Crippen LogP contribution in [0.3, 0.4) is 0 Å². The molecule has 7 heteroatoms. The number of rotatable bonds is 7. The molecular formula is C22H24N4O3. The summed E-state index contributed by atoms with van der Waals surface area (Å²) in [4.78, 5) is 24.5. The molecule has 0 aliphatic carbocycles. The highest BCUT2D eigenvalue weighted by molar-refractivity contribution is 5.97. The number of amides is 1. The zero-order valence-corrected chi connectivity index (χ0v) is 16.6. The second kappa shape index (κ2) is 8.34. The van der Waals surface area contributed by atoms with Gasteiger partial charge in [-0.15, -0.1) is 0 Å². The number of hydrogen-bond donors (Lipinski definition) is 2. The van der Waals surface area contributed by atoms with Crippen LogP contribution in [0.5, 0.6) is 11.5 Å². The maximum absolute atomic E-state index is 12.0. The first-order valence-electron chi connectivity index (χ1n) is 9.93. The molecule has 0 spiro atoms. The molecule has 0 atom stereocenters. The second-order valence-electron chi connectivity index (χ2n) is 6.79. The molecule has 29 heavy (non-hydrogen) atoms. The fourth-order valence-electron chi connectivity index (χ4n) is 3.33. The lowest BCUT2D eigenvalue weighted by atomic mass is 10.1. The van der Waals surface area contributed by atoms with Gasteiger partial charge in [0.1, 0.15) is 0 Å². The minimum atomic E-state index is -0.0490. The van der Waals surface area contributed by atoms with Crippen LogP contribution in [0.1, 0.15) is 36.3 Å². The van der Waals surface area contributed by atoms with E-state index in [1.54, 1.807) is 6.20 Å². The first-order valence-corrected chi connectivity index (χ1v) is 9.93. The zero-order valence-electron chi connectivity index (χ0n) is 16.6. The Bertz CT molecular complexity index is 1030. The molecule has 0 saturated heterocycles. The van der Waals surface area contributed by atoms with E-state index >= 15 is 0 Å². The molecule has 1 aliphatic heterocycles. The lowest BCUT2D eigenvalue weighted by Crippen LogP contribution is -2.31. The van der Waals surface area contributed by atoms with Gasteiger partial charge in [-0.2, -0.15) is 0 Å². The molecule has 0 unspecified atom stereocenters. The summed E-state index contributed by atoms with van der Waals surface area (Å²) in [5.41, 5.74) is 4.01. The summed E-state index contributed by atoms with van der Waals surface area (Å²) in [6.45, 7) is 5.83. The third-order valence-corrected chi connectivity index (χ3v) is 4.70. The lowest BCUT2D eigenvalue weighted by Gasteiger charge is -2.12. The molecule has 1 aliphatic rings. The number of benzene rings is 1. The Labute approximate surface area is 169 Å². The summed E-state index contributed by atoms with van der Waals surface area (Å²) in [5.74, 6) is 1.94. The van der Waals surface area contributed by atoms with Gasteiger partial charge in [-0.3, -0.25) is 4.79 Å². The van der Waals surface area contributed by atoms with E-state index in [4.69, 9.17) is 14.5 Å². The molecule has 1 amide bonds. The van der Waals surface area contributed by atoms with E-state index < -0.39 is 0 Å². The quantitative estimate of drug-likeness (QED) is 0.641. The van der Waals surface area contributed by atoms with Crippen molar-refractivity contribution in [3.63, 3.8) is 0 Å². The summed E-state index contributed by atoms with van der Waals surface area (Å²) in [5, 5.41) is 2.86. The van der Waals surface area contributed by atoms with Gasteiger partial charge in [-0.05, 0) is 43.7 Å². The fourth-order valence-corrected chi connectivity index (χ4v) is 3.33. The highest BCUT2D eigenvalue weighted by Gasteiger charge is 2.20. The molecule has 0 saturated carbocycles. The summed E-state index contributed by atoms with van der Waals surface area (Å²) < 4.78 is 11.5. The predicted octanol–water partition coefficient (Wildman–Crippen LogP) is 3.61. The van der Waals surface area contributed by atoms with Gasteiger partial charge in [-0.25, -0.2) is 9.97 Å². The number of H-pyrrole nitrogens is 1. The molecular weight excluding hydrogens is 368 g/mol. The number of fused-ring (bicyclic) bond motifs is 1. The highest BCUT2D eigenvalue weighted by atomic mass is 16.5. The first-order chi connectivity index (χ1) is 14.2. The maximum atomic E-state index is 12.0. The molecule has 0 bridgehead atoms. The van der Waals surface area contributed by atoms with E-state index in [-0.39, 0.29) is 5.91 Å².